The van der Waals surface area contributed by atoms with E-state index in [4.69, 9.17) is 0 Å². The molecule has 0 saturated carbocycles. The van der Waals surface area contributed by atoms with E-state index in [0.29, 0.717) is 13.1 Å². The summed E-state index contributed by atoms with van der Waals surface area (Å²) in [5.41, 5.74) is 2.09. The largest absolute Gasteiger partial charge is 0.340 e. The van der Waals surface area contributed by atoms with Crippen molar-refractivity contribution in [3.63, 3.8) is 0 Å². The van der Waals surface area contributed by atoms with Crippen LogP contribution < -0.4 is 5.32 Å². The number of carbonyl (C=O) groups excluding carboxylic acids is 2. The van der Waals surface area contributed by atoms with Gasteiger partial charge in [0.15, 0.2) is 0 Å². The lowest BCUT2D eigenvalue weighted by molar-refractivity contribution is -0.138. The number of anilines is 1. The first-order valence-corrected chi connectivity index (χ1v) is 10.8. The number of hydrogen-bond donors (Lipinski definition) is 1. The van der Waals surface area contributed by atoms with Crippen molar-refractivity contribution in [3.8, 4) is 0 Å². The highest BCUT2D eigenvalue weighted by atomic mass is 16.2. The summed E-state index contributed by atoms with van der Waals surface area (Å²) in [5, 5.41) is 2.94. The Kier molecular flexibility index (Phi) is 6.64. The molecule has 0 unspecified atom stereocenters. The minimum absolute atomic E-state index is 0.0963. The molecule has 0 spiro atoms. The predicted octanol–water partition coefficient (Wildman–Crippen LogP) is 3.27. The third-order valence-electron chi connectivity index (χ3n) is 6.02. The Bertz CT molecular complexity index is 835. The van der Waals surface area contributed by atoms with Crippen molar-refractivity contribution < 1.29 is 9.59 Å². The average Bonchev–Trinajstić information content (AvgIpc) is 2.80. The third-order valence-corrected chi connectivity index (χ3v) is 6.02. The molecule has 2 aromatic rings. The highest BCUT2D eigenvalue weighted by molar-refractivity contribution is 5.90. The summed E-state index contributed by atoms with van der Waals surface area (Å²) in [6.45, 7) is 5.45. The van der Waals surface area contributed by atoms with Crippen LogP contribution in [0.15, 0.2) is 60.7 Å². The average molecular weight is 407 g/mol. The molecule has 0 aromatic heterocycles. The van der Waals surface area contributed by atoms with Crippen LogP contribution in [0, 0.1) is 5.92 Å². The Morgan fingerprint density at radius 2 is 1.50 bits per heavy atom. The van der Waals surface area contributed by atoms with Gasteiger partial charge in [-0.25, -0.2) is 4.79 Å². The molecule has 30 heavy (non-hydrogen) atoms. The maximum absolute atomic E-state index is 13.1. The number of para-hydroxylation sites is 1. The first-order valence-electron chi connectivity index (χ1n) is 10.8. The van der Waals surface area contributed by atoms with E-state index >= 15 is 0 Å². The molecule has 2 aromatic carbocycles. The van der Waals surface area contributed by atoms with Gasteiger partial charge >= 0.3 is 6.03 Å². The highest BCUT2D eigenvalue weighted by Crippen LogP contribution is 2.21. The minimum Gasteiger partial charge on any atom is -0.340 e. The van der Waals surface area contributed by atoms with Gasteiger partial charge in [-0.05, 0) is 30.5 Å². The van der Waals surface area contributed by atoms with Crippen LogP contribution in [0.3, 0.4) is 0 Å². The van der Waals surface area contributed by atoms with E-state index in [1.54, 1.807) is 4.90 Å². The summed E-state index contributed by atoms with van der Waals surface area (Å²) in [6.07, 6.45) is 1.73. The van der Waals surface area contributed by atoms with E-state index in [1.165, 1.54) is 5.56 Å². The third kappa shape index (κ3) is 5.19. The molecule has 3 amide bonds. The molecule has 2 aliphatic heterocycles. The van der Waals surface area contributed by atoms with E-state index in [-0.39, 0.29) is 17.9 Å². The molecule has 6 heteroatoms. The lowest BCUT2D eigenvalue weighted by atomic mass is 9.96. The zero-order valence-electron chi connectivity index (χ0n) is 17.4. The van der Waals surface area contributed by atoms with Crippen LogP contribution in [0.5, 0.6) is 0 Å². The molecule has 4 rings (SSSR count). The Balaban J connectivity index is 1.27. The van der Waals surface area contributed by atoms with Crippen molar-refractivity contribution in [1.29, 1.82) is 0 Å². The first-order chi connectivity index (χ1) is 14.7. The molecule has 2 heterocycles. The van der Waals surface area contributed by atoms with Gasteiger partial charge in [0.1, 0.15) is 0 Å². The molecule has 2 saturated heterocycles. The molecule has 6 nitrogen and oxygen atoms in total. The van der Waals surface area contributed by atoms with Gasteiger partial charge in [-0.2, -0.15) is 0 Å². The number of piperazine rings is 1. The summed E-state index contributed by atoms with van der Waals surface area (Å²) in [4.78, 5) is 31.9. The summed E-state index contributed by atoms with van der Waals surface area (Å²) in [6, 6.07) is 19.8. The number of likely N-dealkylation sites (tertiary alicyclic amines) is 1. The van der Waals surface area contributed by atoms with Crippen LogP contribution >= 0.6 is 0 Å². The number of piperidine rings is 1. The van der Waals surface area contributed by atoms with Gasteiger partial charge in [0.25, 0.3) is 0 Å². The van der Waals surface area contributed by atoms with Gasteiger partial charge in [-0.15, -0.1) is 0 Å². The number of rotatable bonds is 4. The van der Waals surface area contributed by atoms with Crippen LogP contribution in [-0.4, -0.2) is 65.9 Å². The minimum atomic E-state index is -0.119. The monoisotopic (exact) mass is 406 g/mol. The number of benzene rings is 2. The Labute approximate surface area is 178 Å². The van der Waals surface area contributed by atoms with Gasteiger partial charge in [0, 0.05) is 51.5 Å². The lowest BCUT2D eigenvalue weighted by Gasteiger charge is -2.39. The van der Waals surface area contributed by atoms with Crippen molar-refractivity contribution in [1.82, 2.24) is 14.7 Å². The normalized spacial score (nSPS) is 20.1. The summed E-state index contributed by atoms with van der Waals surface area (Å²) in [5.74, 6) is 0.104. The molecular formula is C24H30N4O2. The molecule has 1 atom stereocenters. The van der Waals surface area contributed by atoms with Gasteiger partial charge in [-0.3, -0.25) is 9.69 Å². The molecule has 1 N–H and O–H groups in total. The SMILES string of the molecule is O=C(Nc1ccccc1)N1CCC[C@H](C(=O)N2CCN(Cc3ccccc3)CC2)C1. The van der Waals surface area contributed by atoms with Crippen LogP contribution in [-0.2, 0) is 11.3 Å². The fourth-order valence-electron chi connectivity index (χ4n) is 4.31. The topological polar surface area (TPSA) is 55.9 Å². The Morgan fingerprint density at radius 3 is 2.20 bits per heavy atom. The molecule has 0 aliphatic carbocycles. The van der Waals surface area contributed by atoms with E-state index in [2.05, 4.69) is 34.5 Å². The van der Waals surface area contributed by atoms with Crippen LogP contribution in [0.2, 0.25) is 0 Å². The van der Waals surface area contributed by atoms with Gasteiger partial charge < -0.3 is 15.1 Å². The van der Waals surface area contributed by atoms with E-state index < -0.39 is 0 Å². The van der Waals surface area contributed by atoms with Crippen LogP contribution in [0.1, 0.15) is 18.4 Å². The second-order valence-electron chi connectivity index (χ2n) is 8.17. The lowest BCUT2D eigenvalue weighted by Crippen LogP contribution is -2.53. The van der Waals surface area contributed by atoms with E-state index in [9.17, 15) is 9.59 Å². The molecule has 0 bridgehead atoms. The smallest absolute Gasteiger partial charge is 0.321 e. The predicted molar refractivity (Wildman–Crippen MR) is 118 cm³/mol. The number of nitrogens with zero attached hydrogens (tertiary/aromatic N) is 3. The van der Waals surface area contributed by atoms with Crippen LogP contribution in [0.25, 0.3) is 0 Å². The number of hydrogen-bond acceptors (Lipinski definition) is 3. The summed E-state index contributed by atoms with van der Waals surface area (Å²) >= 11 is 0. The van der Waals surface area contributed by atoms with Gasteiger partial charge in [0.05, 0.1) is 5.92 Å². The second kappa shape index (κ2) is 9.76. The van der Waals surface area contributed by atoms with Gasteiger partial charge in [0.2, 0.25) is 5.91 Å². The van der Waals surface area contributed by atoms with Crippen molar-refractivity contribution in [2.24, 2.45) is 5.92 Å². The molecule has 2 fully saturated rings. The molecule has 158 valence electrons. The number of amides is 3. The van der Waals surface area contributed by atoms with Crippen molar-refractivity contribution >= 4 is 17.6 Å². The Morgan fingerprint density at radius 1 is 0.833 bits per heavy atom. The van der Waals surface area contributed by atoms with E-state index in [0.717, 1.165) is 51.3 Å². The standard InChI is InChI=1S/C24H30N4O2/c29-23(27-16-14-26(15-17-27)18-20-8-3-1-4-9-20)21-10-7-13-28(19-21)24(30)25-22-11-5-2-6-12-22/h1-6,8-9,11-12,21H,7,10,13-19H2,(H,25,30)/t21-/m0/s1. The van der Waals surface area contributed by atoms with Crippen molar-refractivity contribution in [2.75, 3.05) is 44.6 Å². The quantitative estimate of drug-likeness (QED) is 0.848. The number of nitrogens with one attached hydrogen (secondary N) is 1. The Hall–Kier alpha value is -2.86. The molecule has 0 radical (unpaired) electrons. The second-order valence-corrected chi connectivity index (χ2v) is 8.17. The highest BCUT2D eigenvalue weighted by Gasteiger charge is 2.32. The zero-order valence-corrected chi connectivity index (χ0v) is 17.4. The summed E-state index contributed by atoms with van der Waals surface area (Å²) in [7, 11) is 0. The fourth-order valence-corrected chi connectivity index (χ4v) is 4.31. The van der Waals surface area contributed by atoms with Crippen molar-refractivity contribution in [2.45, 2.75) is 19.4 Å². The number of urea groups is 1. The van der Waals surface area contributed by atoms with Crippen LogP contribution in [0.4, 0.5) is 10.5 Å². The fraction of sp³-hybridized carbons (Fsp3) is 0.417. The number of carbonyl (C=O) groups is 2. The first kappa shape index (κ1) is 20.4. The van der Waals surface area contributed by atoms with Crippen molar-refractivity contribution in [3.05, 3.63) is 66.2 Å². The molecule has 2 aliphatic rings. The molecular weight excluding hydrogens is 376 g/mol. The maximum Gasteiger partial charge on any atom is 0.321 e. The van der Waals surface area contributed by atoms with Gasteiger partial charge in [-0.1, -0.05) is 48.5 Å². The zero-order chi connectivity index (χ0) is 20.8. The van der Waals surface area contributed by atoms with E-state index in [1.807, 2.05) is 41.3 Å². The summed E-state index contributed by atoms with van der Waals surface area (Å²) < 4.78 is 0. The maximum atomic E-state index is 13.1.